The topological polar surface area (TPSA) is 64.1 Å². The first-order valence-electron chi connectivity index (χ1n) is 8.10. The molecule has 3 rings (SSSR count). The van der Waals surface area contributed by atoms with Gasteiger partial charge >= 0.3 is 0 Å². The van der Waals surface area contributed by atoms with Crippen LogP contribution in [-0.4, -0.2) is 71.3 Å². The monoisotopic (exact) mass is 346 g/mol. The number of anilines is 1. The summed E-state index contributed by atoms with van der Waals surface area (Å²) in [6, 6.07) is 3.73. The van der Waals surface area contributed by atoms with Gasteiger partial charge in [-0.3, -0.25) is 15.2 Å². The van der Waals surface area contributed by atoms with Gasteiger partial charge in [-0.05, 0) is 31.4 Å². The molecule has 7 nitrogen and oxygen atoms in total. The lowest BCUT2D eigenvalue weighted by atomic mass is 10.1. The van der Waals surface area contributed by atoms with Crippen molar-refractivity contribution in [3.63, 3.8) is 0 Å². The van der Waals surface area contributed by atoms with Gasteiger partial charge in [0.1, 0.15) is 5.69 Å². The van der Waals surface area contributed by atoms with E-state index in [4.69, 9.17) is 12.2 Å². The molecule has 1 saturated heterocycles. The molecule has 0 aromatic carbocycles. The minimum atomic E-state index is 0.0178. The highest BCUT2D eigenvalue weighted by molar-refractivity contribution is 7.80. The third-order valence-corrected chi connectivity index (χ3v) is 4.73. The highest BCUT2D eigenvalue weighted by Crippen LogP contribution is 2.25. The number of hydrogen-bond acceptors (Lipinski definition) is 5. The van der Waals surface area contributed by atoms with Crippen LogP contribution in [0.3, 0.4) is 0 Å². The standard InChI is InChI=1S/C16H22N6OS/c1-12(23)22-7-5-13(15-14(22)4-3-6-17-15)18-19-16(24)21-10-8-20(2)9-11-21/h3-4,6H,5,7-11H2,1-2H3,(H,19,24)/b18-13-. The highest BCUT2D eigenvalue weighted by Gasteiger charge is 2.25. The summed E-state index contributed by atoms with van der Waals surface area (Å²) in [6.07, 6.45) is 2.37. The van der Waals surface area contributed by atoms with E-state index in [1.165, 1.54) is 0 Å². The second-order valence-electron chi connectivity index (χ2n) is 6.06. The van der Waals surface area contributed by atoms with E-state index >= 15 is 0 Å². The van der Waals surface area contributed by atoms with Gasteiger partial charge in [0.15, 0.2) is 5.11 Å². The number of carbonyl (C=O) groups excluding carboxylic acids is 1. The fraction of sp³-hybridized carbons (Fsp3) is 0.500. The minimum absolute atomic E-state index is 0.0178. The zero-order valence-electron chi connectivity index (χ0n) is 14.0. The molecule has 128 valence electrons. The number of hydrogen-bond donors (Lipinski definition) is 1. The van der Waals surface area contributed by atoms with Crippen LogP contribution in [0.1, 0.15) is 19.0 Å². The molecule has 1 fully saturated rings. The average Bonchev–Trinajstić information content (AvgIpc) is 2.59. The quantitative estimate of drug-likeness (QED) is 0.595. The summed E-state index contributed by atoms with van der Waals surface area (Å²) in [6.45, 7) is 5.97. The molecule has 0 saturated carbocycles. The summed E-state index contributed by atoms with van der Waals surface area (Å²) in [5.41, 5.74) is 5.39. The van der Waals surface area contributed by atoms with Crippen LogP contribution in [0.25, 0.3) is 0 Å². The molecule has 2 aliphatic heterocycles. The van der Waals surface area contributed by atoms with E-state index in [0.717, 1.165) is 43.3 Å². The van der Waals surface area contributed by atoms with E-state index in [0.29, 0.717) is 18.1 Å². The number of hydrazone groups is 1. The number of piperazine rings is 1. The molecule has 1 N–H and O–H groups in total. The number of amides is 1. The SMILES string of the molecule is CC(=O)N1CC/C(=N/NC(=S)N2CCN(C)CC2)c2ncccc21. The van der Waals surface area contributed by atoms with Crippen molar-refractivity contribution in [1.82, 2.24) is 20.2 Å². The summed E-state index contributed by atoms with van der Waals surface area (Å²) in [5.74, 6) is 0.0178. The Morgan fingerprint density at radius 3 is 2.75 bits per heavy atom. The van der Waals surface area contributed by atoms with Gasteiger partial charge in [0.05, 0.1) is 11.4 Å². The van der Waals surface area contributed by atoms with E-state index in [2.05, 4.69) is 32.4 Å². The number of fused-ring (bicyclic) bond motifs is 1. The van der Waals surface area contributed by atoms with E-state index in [-0.39, 0.29) is 5.91 Å². The highest BCUT2D eigenvalue weighted by atomic mass is 32.1. The second kappa shape index (κ2) is 7.23. The van der Waals surface area contributed by atoms with E-state index < -0.39 is 0 Å². The molecule has 0 spiro atoms. The lowest BCUT2D eigenvalue weighted by molar-refractivity contribution is -0.116. The van der Waals surface area contributed by atoms with E-state index in [9.17, 15) is 4.79 Å². The number of nitrogens with zero attached hydrogens (tertiary/aromatic N) is 5. The normalized spacial score (nSPS) is 20.0. The second-order valence-corrected chi connectivity index (χ2v) is 6.44. The van der Waals surface area contributed by atoms with Crippen LogP contribution >= 0.6 is 12.2 Å². The predicted molar refractivity (Wildman–Crippen MR) is 98.2 cm³/mol. The Balaban J connectivity index is 1.72. The number of likely N-dealkylation sites (N-methyl/N-ethyl adjacent to an activating group) is 1. The van der Waals surface area contributed by atoms with Gasteiger partial charge < -0.3 is 14.7 Å². The van der Waals surface area contributed by atoms with Gasteiger partial charge in [0, 0.05) is 52.3 Å². The number of rotatable bonds is 1. The molecule has 0 bridgehead atoms. The minimum Gasteiger partial charge on any atom is -0.345 e. The lowest BCUT2D eigenvalue weighted by Crippen LogP contribution is -2.49. The van der Waals surface area contributed by atoms with Crippen molar-refractivity contribution in [2.24, 2.45) is 5.10 Å². The van der Waals surface area contributed by atoms with Gasteiger partial charge in [-0.15, -0.1) is 0 Å². The number of carbonyl (C=O) groups is 1. The zero-order valence-corrected chi connectivity index (χ0v) is 14.8. The van der Waals surface area contributed by atoms with Crippen LogP contribution < -0.4 is 10.3 Å². The lowest BCUT2D eigenvalue weighted by Gasteiger charge is -2.33. The van der Waals surface area contributed by atoms with Crippen LogP contribution in [0.15, 0.2) is 23.4 Å². The Kier molecular flexibility index (Phi) is 5.06. The summed E-state index contributed by atoms with van der Waals surface area (Å²) in [5, 5.41) is 5.12. The third kappa shape index (κ3) is 3.54. The van der Waals surface area contributed by atoms with Crippen molar-refractivity contribution in [2.75, 3.05) is 44.7 Å². The van der Waals surface area contributed by atoms with Crippen LogP contribution in [0.4, 0.5) is 5.69 Å². The smallest absolute Gasteiger partial charge is 0.223 e. The Bertz CT molecular complexity index is 668. The molecule has 3 heterocycles. The van der Waals surface area contributed by atoms with Crippen molar-refractivity contribution >= 4 is 34.6 Å². The van der Waals surface area contributed by atoms with Crippen molar-refractivity contribution in [1.29, 1.82) is 0 Å². The van der Waals surface area contributed by atoms with Gasteiger partial charge in [-0.1, -0.05) is 0 Å². The fourth-order valence-electron chi connectivity index (χ4n) is 2.93. The number of pyridine rings is 1. The van der Waals surface area contributed by atoms with Crippen molar-refractivity contribution in [3.8, 4) is 0 Å². The Morgan fingerprint density at radius 2 is 2.04 bits per heavy atom. The first-order valence-corrected chi connectivity index (χ1v) is 8.50. The Hall–Kier alpha value is -2.06. The zero-order chi connectivity index (χ0) is 17.1. The van der Waals surface area contributed by atoms with Crippen molar-refractivity contribution in [3.05, 3.63) is 24.0 Å². The van der Waals surface area contributed by atoms with Gasteiger partial charge in [0.25, 0.3) is 0 Å². The van der Waals surface area contributed by atoms with Crippen molar-refractivity contribution < 1.29 is 4.79 Å². The van der Waals surface area contributed by atoms with Crippen LogP contribution in [0, 0.1) is 0 Å². The van der Waals surface area contributed by atoms with Gasteiger partial charge in [-0.2, -0.15) is 5.10 Å². The summed E-state index contributed by atoms with van der Waals surface area (Å²) in [7, 11) is 2.11. The molecular formula is C16H22N6OS. The van der Waals surface area contributed by atoms with Crippen LogP contribution in [0.5, 0.6) is 0 Å². The van der Waals surface area contributed by atoms with Crippen molar-refractivity contribution in [2.45, 2.75) is 13.3 Å². The molecule has 8 heteroatoms. The molecule has 1 aromatic heterocycles. The number of thiocarbonyl (C=S) groups is 1. The summed E-state index contributed by atoms with van der Waals surface area (Å²) >= 11 is 5.45. The number of nitrogens with one attached hydrogen (secondary N) is 1. The van der Waals surface area contributed by atoms with Crippen LogP contribution in [-0.2, 0) is 4.79 Å². The van der Waals surface area contributed by atoms with Gasteiger partial charge in [-0.25, -0.2) is 0 Å². The Morgan fingerprint density at radius 1 is 1.29 bits per heavy atom. The first-order chi connectivity index (χ1) is 11.6. The molecular weight excluding hydrogens is 324 g/mol. The van der Waals surface area contributed by atoms with Crippen LogP contribution in [0.2, 0.25) is 0 Å². The molecule has 1 aromatic rings. The third-order valence-electron chi connectivity index (χ3n) is 4.38. The first kappa shape index (κ1) is 16.8. The molecule has 0 aliphatic carbocycles. The molecule has 0 radical (unpaired) electrons. The predicted octanol–water partition coefficient (Wildman–Crippen LogP) is 0.664. The molecule has 0 atom stereocenters. The maximum atomic E-state index is 11.8. The fourth-order valence-corrected chi connectivity index (χ4v) is 3.15. The molecule has 1 amide bonds. The maximum Gasteiger partial charge on any atom is 0.223 e. The molecule has 0 unspecified atom stereocenters. The van der Waals surface area contributed by atoms with E-state index in [1.807, 2.05) is 12.1 Å². The van der Waals surface area contributed by atoms with E-state index in [1.54, 1.807) is 18.0 Å². The molecule has 2 aliphatic rings. The summed E-state index contributed by atoms with van der Waals surface area (Å²) < 4.78 is 0. The summed E-state index contributed by atoms with van der Waals surface area (Å²) in [4.78, 5) is 22.3. The average molecular weight is 346 g/mol. The largest absolute Gasteiger partial charge is 0.345 e. The Labute approximate surface area is 147 Å². The molecule has 24 heavy (non-hydrogen) atoms. The maximum absolute atomic E-state index is 11.8. The number of aromatic nitrogens is 1. The van der Waals surface area contributed by atoms with Gasteiger partial charge in [0.2, 0.25) is 5.91 Å².